The van der Waals surface area contributed by atoms with Crippen LogP contribution in [-0.4, -0.2) is 20.5 Å². The molecule has 0 aliphatic rings. The van der Waals surface area contributed by atoms with Crippen molar-refractivity contribution in [2.24, 2.45) is 0 Å². The van der Waals surface area contributed by atoms with E-state index in [1.165, 1.54) is 25.4 Å². The van der Waals surface area contributed by atoms with Crippen LogP contribution < -0.4 is 4.74 Å². The van der Waals surface area contributed by atoms with Crippen molar-refractivity contribution in [1.29, 1.82) is 0 Å². The maximum atomic E-state index is 12.2. The third kappa shape index (κ3) is 3.18. The van der Waals surface area contributed by atoms with Crippen molar-refractivity contribution in [3.05, 3.63) is 58.6 Å². The molecule has 0 saturated carbocycles. The summed E-state index contributed by atoms with van der Waals surface area (Å²) in [5.74, 6) is 0.0660. The summed E-state index contributed by atoms with van der Waals surface area (Å²) in [5, 5.41) is 1.57. The van der Waals surface area contributed by atoms with Gasteiger partial charge >= 0.3 is 0 Å². The Morgan fingerprint density at radius 3 is 2.65 bits per heavy atom. The van der Waals surface area contributed by atoms with Crippen LogP contribution in [0, 0.1) is 0 Å². The first-order valence-corrected chi connectivity index (χ1v) is 7.64. The molecule has 2 aromatic rings. The molecular formula is C14H12ClNO3S. The van der Waals surface area contributed by atoms with Crippen LogP contribution >= 0.6 is 11.6 Å². The third-order valence-electron chi connectivity index (χ3n) is 2.57. The Kier molecular flexibility index (Phi) is 4.42. The van der Waals surface area contributed by atoms with Gasteiger partial charge in [-0.3, -0.25) is 0 Å². The molecule has 0 N–H and O–H groups in total. The molecule has 0 bridgehead atoms. The van der Waals surface area contributed by atoms with Gasteiger partial charge in [0, 0.05) is 16.6 Å². The summed E-state index contributed by atoms with van der Waals surface area (Å²) in [6, 6.07) is 9.96. The number of rotatable bonds is 4. The lowest BCUT2D eigenvalue weighted by Crippen LogP contribution is -2.01. The molecule has 0 spiro atoms. The molecule has 0 fully saturated rings. The fourth-order valence-electron chi connectivity index (χ4n) is 1.59. The Balaban J connectivity index is 2.39. The molecular weight excluding hydrogens is 298 g/mol. The second-order valence-corrected chi connectivity index (χ2v) is 6.09. The van der Waals surface area contributed by atoms with Crippen LogP contribution in [0.4, 0.5) is 0 Å². The second kappa shape index (κ2) is 6.07. The van der Waals surface area contributed by atoms with E-state index in [0.29, 0.717) is 10.6 Å². The van der Waals surface area contributed by atoms with Crippen LogP contribution in [-0.2, 0) is 9.84 Å². The van der Waals surface area contributed by atoms with E-state index in [2.05, 4.69) is 4.98 Å². The maximum absolute atomic E-state index is 12.2. The Morgan fingerprint density at radius 1 is 1.20 bits per heavy atom. The molecule has 20 heavy (non-hydrogen) atoms. The van der Waals surface area contributed by atoms with E-state index in [9.17, 15) is 8.42 Å². The van der Waals surface area contributed by atoms with Crippen molar-refractivity contribution in [2.75, 3.05) is 7.11 Å². The number of ether oxygens (including phenoxy) is 1. The average molecular weight is 310 g/mol. The Labute approximate surface area is 122 Å². The summed E-state index contributed by atoms with van der Waals surface area (Å²) in [6.45, 7) is 0. The molecule has 0 saturated heterocycles. The monoisotopic (exact) mass is 309 g/mol. The summed E-state index contributed by atoms with van der Waals surface area (Å²) in [4.78, 5) is 3.89. The van der Waals surface area contributed by atoms with Gasteiger partial charge in [0.05, 0.1) is 7.11 Å². The molecule has 0 radical (unpaired) electrons. The van der Waals surface area contributed by atoms with E-state index in [-0.39, 0.29) is 10.8 Å². The van der Waals surface area contributed by atoms with Crippen LogP contribution in [0.25, 0.3) is 6.08 Å². The Bertz CT molecular complexity index is 742. The molecule has 104 valence electrons. The average Bonchev–Trinajstić information content (AvgIpc) is 2.46. The highest BCUT2D eigenvalue weighted by atomic mass is 35.5. The molecule has 1 aromatic heterocycles. The molecule has 1 heterocycles. The maximum Gasteiger partial charge on any atom is 0.232 e. The smallest absolute Gasteiger partial charge is 0.232 e. The van der Waals surface area contributed by atoms with E-state index in [0.717, 1.165) is 5.41 Å². The highest BCUT2D eigenvalue weighted by Crippen LogP contribution is 2.24. The van der Waals surface area contributed by atoms with Crippen LogP contribution in [0.3, 0.4) is 0 Å². The molecule has 0 atom stereocenters. The van der Waals surface area contributed by atoms with Gasteiger partial charge in [-0.1, -0.05) is 29.8 Å². The van der Waals surface area contributed by atoms with Crippen molar-refractivity contribution < 1.29 is 13.2 Å². The molecule has 0 amide bonds. The Hall–Kier alpha value is -1.85. The minimum Gasteiger partial charge on any atom is -0.480 e. The van der Waals surface area contributed by atoms with Crippen LogP contribution in [0.15, 0.2) is 52.9 Å². The summed E-state index contributed by atoms with van der Waals surface area (Å²) >= 11 is 5.97. The van der Waals surface area contributed by atoms with Crippen molar-refractivity contribution in [2.45, 2.75) is 4.90 Å². The van der Waals surface area contributed by atoms with Gasteiger partial charge in [-0.05, 0) is 29.8 Å². The molecule has 4 nitrogen and oxygen atoms in total. The van der Waals surface area contributed by atoms with E-state index < -0.39 is 9.84 Å². The highest BCUT2D eigenvalue weighted by Gasteiger charge is 2.17. The lowest BCUT2D eigenvalue weighted by Gasteiger charge is -2.04. The normalized spacial score (nSPS) is 11.7. The van der Waals surface area contributed by atoms with Gasteiger partial charge < -0.3 is 4.74 Å². The highest BCUT2D eigenvalue weighted by molar-refractivity contribution is 7.94. The van der Waals surface area contributed by atoms with Gasteiger partial charge in [0.2, 0.25) is 15.7 Å². The van der Waals surface area contributed by atoms with Crippen LogP contribution in [0.2, 0.25) is 5.02 Å². The van der Waals surface area contributed by atoms with Gasteiger partial charge in [-0.15, -0.1) is 0 Å². The zero-order valence-electron chi connectivity index (χ0n) is 10.7. The first kappa shape index (κ1) is 14.6. The fraction of sp³-hybridized carbons (Fsp3) is 0.0714. The van der Waals surface area contributed by atoms with Crippen molar-refractivity contribution >= 4 is 27.5 Å². The van der Waals surface area contributed by atoms with Gasteiger partial charge in [-0.25, -0.2) is 13.4 Å². The predicted molar refractivity (Wildman–Crippen MR) is 78.5 cm³/mol. The number of hydrogen-bond donors (Lipinski definition) is 0. The van der Waals surface area contributed by atoms with Crippen molar-refractivity contribution in [1.82, 2.24) is 4.98 Å². The lowest BCUT2D eigenvalue weighted by atomic mass is 10.2. The molecule has 6 heteroatoms. The molecule has 0 unspecified atom stereocenters. The van der Waals surface area contributed by atoms with E-state index in [4.69, 9.17) is 16.3 Å². The number of benzene rings is 1. The number of sulfone groups is 1. The largest absolute Gasteiger partial charge is 0.480 e. The quantitative estimate of drug-likeness (QED) is 0.870. The first-order chi connectivity index (χ1) is 9.54. The standard InChI is InChI=1S/C14H12ClNO3S/c1-19-14-13(7-4-9-16-14)20(17,18)10-8-11-5-2-3-6-12(11)15/h2-10H,1H3/b10-8+. The van der Waals surface area contributed by atoms with Crippen LogP contribution in [0.5, 0.6) is 5.88 Å². The minimum absolute atomic E-state index is 0.0193. The molecule has 0 aliphatic heterocycles. The van der Waals surface area contributed by atoms with Gasteiger partial charge in [0.25, 0.3) is 0 Å². The molecule has 2 rings (SSSR count). The van der Waals surface area contributed by atoms with E-state index >= 15 is 0 Å². The topological polar surface area (TPSA) is 56.3 Å². The predicted octanol–water partition coefficient (Wildman–Crippen LogP) is 3.19. The van der Waals surface area contributed by atoms with Crippen molar-refractivity contribution in [3.63, 3.8) is 0 Å². The summed E-state index contributed by atoms with van der Waals surface area (Å²) in [5.41, 5.74) is 0.626. The van der Waals surface area contributed by atoms with E-state index in [1.54, 1.807) is 30.3 Å². The Morgan fingerprint density at radius 2 is 1.95 bits per heavy atom. The van der Waals surface area contributed by atoms with Crippen molar-refractivity contribution in [3.8, 4) is 5.88 Å². The summed E-state index contributed by atoms with van der Waals surface area (Å²) in [7, 11) is -2.27. The van der Waals surface area contributed by atoms with Crippen LogP contribution in [0.1, 0.15) is 5.56 Å². The van der Waals surface area contributed by atoms with Gasteiger partial charge in [0.1, 0.15) is 4.90 Å². The third-order valence-corrected chi connectivity index (χ3v) is 4.33. The number of halogens is 1. The van der Waals surface area contributed by atoms with E-state index in [1.807, 2.05) is 0 Å². The zero-order chi connectivity index (χ0) is 14.6. The number of aromatic nitrogens is 1. The second-order valence-electron chi connectivity index (χ2n) is 3.88. The molecule has 0 aliphatic carbocycles. The minimum atomic E-state index is -3.64. The number of pyridine rings is 1. The fourth-order valence-corrected chi connectivity index (χ4v) is 2.91. The van der Waals surface area contributed by atoms with Gasteiger partial charge in [-0.2, -0.15) is 0 Å². The number of methoxy groups -OCH3 is 1. The lowest BCUT2D eigenvalue weighted by molar-refractivity contribution is 0.385. The molecule has 1 aromatic carbocycles. The van der Waals surface area contributed by atoms with Gasteiger partial charge in [0.15, 0.2) is 0 Å². The summed E-state index contributed by atoms with van der Waals surface area (Å²) < 4.78 is 29.5. The number of hydrogen-bond acceptors (Lipinski definition) is 4. The zero-order valence-corrected chi connectivity index (χ0v) is 12.2. The number of nitrogens with zero attached hydrogens (tertiary/aromatic N) is 1. The summed E-state index contributed by atoms with van der Waals surface area (Å²) in [6.07, 6.45) is 2.92. The SMILES string of the molecule is COc1ncccc1S(=O)(=O)/C=C/c1ccccc1Cl. The first-order valence-electron chi connectivity index (χ1n) is 5.71.